The maximum absolute atomic E-state index is 5.56. The highest BCUT2D eigenvalue weighted by molar-refractivity contribution is 7.99. The molecular formula is C14H24N4OS. The Balaban J connectivity index is 1.74. The maximum Gasteiger partial charge on any atom is 0.239 e. The van der Waals surface area contributed by atoms with Crippen molar-refractivity contribution in [3.63, 3.8) is 0 Å². The fourth-order valence-corrected chi connectivity index (χ4v) is 4.14. The summed E-state index contributed by atoms with van der Waals surface area (Å²) in [6, 6.07) is 0. The Labute approximate surface area is 124 Å². The number of rotatable bonds is 3. The summed E-state index contributed by atoms with van der Waals surface area (Å²) in [4.78, 5) is 7.16. The Morgan fingerprint density at radius 3 is 2.80 bits per heavy atom. The highest BCUT2D eigenvalue weighted by atomic mass is 32.2. The fraction of sp³-hybridized carbons (Fsp3) is 0.857. The monoisotopic (exact) mass is 296 g/mol. The minimum atomic E-state index is -0.150. The van der Waals surface area contributed by atoms with Gasteiger partial charge in [-0.2, -0.15) is 4.98 Å². The van der Waals surface area contributed by atoms with Crippen molar-refractivity contribution in [2.75, 3.05) is 31.9 Å². The topological polar surface area (TPSA) is 54.2 Å². The van der Waals surface area contributed by atoms with Crippen LogP contribution >= 0.6 is 11.8 Å². The molecule has 0 saturated carbocycles. The first-order chi connectivity index (χ1) is 9.68. The maximum atomic E-state index is 5.56. The summed E-state index contributed by atoms with van der Waals surface area (Å²) < 4.78 is 5.56. The first-order valence-corrected chi connectivity index (χ1v) is 8.64. The van der Waals surface area contributed by atoms with E-state index in [9.17, 15) is 0 Å². The smallest absolute Gasteiger partial charge is 0.239 e. The summed E-state index contributed by atoms with van der Waals surface area (Å²) in [6.45, 7) is 8.53. The molecule has 1 unspecified atom stereocenters. The van der Waals surface area contributed by atoms with Gasteiger partial charge in [-0.1, -0.05) is 11.6 Å². The molecule has 0 bridgehead atoms. The van der Waals surface area contributed by atoms with E-state index in [-0.39, 0.29) is 5.54 Å². The third kappa shape index (κ3) is 2.87. The first-order valence-electron chi connectivity index (χ1n) is 7.59. The second-order valence-corrected chi connectivity index (χ2v) is 7.42. The SMILES string of the molecule is CC(C)(c1noc(C2CCCCS2)n1)N1CCNCC1. The molecule has 1 N–H and O–H groups in total. The summed E-state index contributed by atoms with van der Waals surface area (Å²) in [5, 5.41) is 8.07. The summed E-state index contributed by atoms with van der Waals surface area (Å²) in [5.74, 6) is 2.87. The van der Waals surface area contributed by atoms with Gasteiger partial charge in [-0.15, -0.1) is 11.8 Å². The summed E-state index contributed by atoms with van der Waals surface area (Å²) in [7, 11) is 0. The molecule has 2 saturated heterocycles. The molecule has 0 spiro atoms. The van der Waals surface area contributed by atoms with Crippen LogP contribution in [-0.4, -0.2) is 47.0 Å². The summed E-state index contributed by atoms with van der Waals surface area (Å²) in [5.41, 5.74) is -0.150. The van der Waals surface area contributed by atoms with Gasteiger partial charge in [0.1, 0.15) is 0 Å². The van der Waals surface area contributed by atoms with Gasteiger partial charge >= 0.3 is 0 Å². The van der Waals surface area contributed by atoms with Crippen molar-refractivity contribution < 1.29 is 4.52 Å². The number of nitrogens with zero attached hydrogens (tertiary/aromatic N) is 3. The van der Waals surface area contributed by atoms with Crippen molar-refractivity contribution in [1.82, 2.24) is 20.4 Å². The van der Waals surface area contributed by atoms with Crippen molar-refractivity contribution >= 4 is 11.8 Å². The molecule has 0 radical (unpaired) electrons. The van der Waals surface area contributed by atoms with Gasteiger partial charge in [-0.25, -0.2) is 0 Å². The number of hydrogen-bond acceptors (Lipinski definition) is 6. The molecule has 3 heterocycles. The van der Waals surface area contributed by atoms with E-state index < -0.39 is 0 Å². The Morgan fingerprint density at radius 1 is 1.30 bits per heavy atom. The lowest BCUT2D eigenvalue weighted by Gasteiger charge is -2.38. The third-order valence-electron chi connectivity index (χ3n) is 4.35. The molecule has 0 aliphatic carbocycles. The van der Waals surface area contributed by atoms with Crippen LogP contribution in [0.1, 0.15) is 50.1 Å². The second kappa shape index (κ2) is 6.03. The van der Waals surface area contributed by atoms with Crippen molar-refractivity contribution in [3.8, 4) is 0 Å². The largest absolute Gasteiger partial charge is 0.338 e. The van der Waals surface area contributed by atoms with Gasteiger partial charge in [0.05, 0.1) is 10.8 Å². The number of nitrogens with one attached hydrogen (secondary N) is 1. The second-order valence-electron chi connectivity index (χ2n) is 6.11. The van der Waals surface area contributed by atoms with E-state index in [2.05, 4.69) is 29.2 Å². The van der Waals surface area contributed by atoms with Crippen LogP contribution in [0.5, 0.6) is 0 Å². The minimum Gasteiger partial charge on any atom is -0.338 e. The molecule has 20 heavy (non-hydrogen) atoms. The van der Waals surface area contributed by atoms with Gasteiger partial charge in [-0.3, -0.25) is 4.90 Å². The van der Waals surface area contributed by atoms with Crippen molar-refractivity contribution in [1.29, 1.82) is 0 Å². The molecule has 3 rings (SSSR count). The van der Waals surface area contributed by atoms with Gasteiger partial charge < -0.3 is 9.84 Å². The molecule has 2 fully saturated rings. The quantitative estimate of drug-likeness (QED) is 0.922. The predicted octanol–water partition coefficient (Wildman–Crippen LogP) is 2.17. The average Bonchev–Trinajstić information content (AvgIpc) is 3.00. The Bertz CT molecular complexity index is 436. The molecule has 0 amide bonds. The van der Waals surface area contributed by atoms with Crippen LogP contribution in [0, 0.1) is 0 Å². The van der Waals surface area contributed by atoms with Gasteiger partial charge in [-0.05, 0) is 32.4 Å². The van der Waals surface area contributed by atoms with Crippen LogP contribution in [0.3, 0.4) is 0 Å². The lowest BCUT2D eigenvalue weighted by atomic mass is 10.0. The van der Waals surface area contributed by atoms with E-state index in [1.165, 1.54) is 25.0 Å². The molecule has 112 valence electrons. The van der Waals surface area contributed by atoms with Crippen LogP contribution < -0.4 is 5.32 Å². The lowest BCUT2D eigenvalue weighted by molar-refractivity contribution is 0.0924. The molecule has 6 heteroatoms. The first kappa shape index (κ1) is 14.4. The van der Waals surface area contributed by atoms with E-state index in [1.807, 2.05) is 11.8 Å². The van der Waals surface area contributed by atoms with Gasteiger partial charge in [0, 0.05) is 26.2 Å². The number of hydrogen-bond donors (Lipinski definition) is 1. The van der Waals surface area contributed by atoms with Gasteiger partial charge in [0.15, 0.2) is 5.82 Å². The number of aromatic nitrogens is 2. The van der Waals surface area contributed by atoms with Crippen molar-refractivity contribution in [2.24, 2.45) is 0 Å². The predicted molar refractivity (Wildman–Crippen MR) is 80.8 cm³/mol. The number of piperazine rings is 1. The van der Waals surface area contributed by atoms with E-state index >= 15 is 0 Å². The van der Waals surface area contributed by atoms with Gasteiger partial charge in [0.2, 0.25) is 5.89 Å². The van der Waals surface area contributed by atoms with Crippen molar-refractivity contribution in [2.45, 2.75) is 43.9 Å². The summed E-state index contributed by atoms with van der Waals surface area (Å²) in [6.07, 6.45) is 3.76. The van der Waals surface area contributed by atoms with Crippen LogP contribution in [0.2, 0.25) is 0 Å². The molecule has 0 aromatic carbocycles. The van der Waals surface area contributed by atoms with Crippen LogP contribution in [0.25, 0.3) is 0 Å². The van der Waals surface area contributed by atoms with Crippen LogP contribution in [0.15, 0.2) is 4.52 Å². The van der Waals surface area contributed by atoms with E-state index in [1.54, 1.807) is 0 Å². The van der Waals surface area contributed by atoms with E-state index in [4.69, 9.17) is 9.51 Å². The average molecular weight is 296 g/mol. The molecular weight excluding hydrogens is 272 g/mol. The number of thioether (sulfide) groups is 1. The van der Waals surface area contributed by atoms with Crippen LogP contribution in [0.4, 0.5) is 0 Å². The third-order valence-corrected chi connectivity index (χ3v) is 5.72. The highest BCUT2D eigenvalue weighted by Gasteiger charge is 2.35. The molecule has 1 atom stereocenters. The molecule has 2 aliphatic heterocycles. The molecule has 1 aromatic heterocycles. The van der Waals surface area contributed by atoms with E-state index in [0.29, 0.717) is 5.25 Å². The zero-order valence-corrected chi connectivity index (χ0v) is 13.2. The molecule has 1 aromatic rings. The summed E-state index contributed by atoms with van der Waals surface area (Å²) >= 11 is 1.96. The molecule has 5 nitrogen and oxygen atoms in total. The van der Waals surface area contributed by atoms with E-state index in [0.717, 1.165) is 37.9 Å². The van der Waals surface area contributed by atoms with Crippen LogP contribution in [-0.2, 0) is 5.54 Å². The van der Waals surface area contributed by atoms with Crippen molar-refractivity contribution in [3.05, 3.63) is 11.7 Å². The Kier molecular flexibility index (Phi) is 4.33. The minimum absolute atomic E-state index is 0.150. The molecule has 2 aliphatic rings. The highest BCUT2D eigenvalue weighted by Crippen LogP contribution is 2.38. The standard InChI is InChI=1S/C14H24N4OS/c1-14(2,18-8-6-15-7-9-18)13-16-12(19-17-13)11-5-3-4-10-20-11/h11,15H,3-10H2,1-2H3. The normalized spacial score (nSPS) is 25.8. The lowest BCUT2D eigenvalue weighted by Crippen LogP contribution is -2.52. The fourth-order valence-electron chi connectivity index (χ4n) is 2.92. The zero-order chi connectivity index (χ0) is 14.0. The zero-order valence-electron chi connectivity index (χ0n) is 12.4. The Hall–Kier alpha value is -0.590. The Morgan fingerprint density at radius 2 is 2.10 bits per heavy atom. The van der Waals surface area contributed by atoms with Gasteiger partial charge in [0.25, 0.3) is 0 Å².